The molecule has 1 rings (SSSR count). The Morgan fingerprint density at radius 2 is 1.02 bits per heavy atom. The van der Waals surface area contributed by atoms with Crippen LogP contribution in [0, 0.1) is 0 Å². The summed E-state index contributed by atoms with van der Waals surface area (Å²) in [6.45, 7) is 3.47. The zero-order valence-corrected chi connectivity index (χ0v) is 41.0. The second-order valence-corrected chi connectivity index (χ2v) is 19.5. The molecule has 0 aliphatic carbocycles. The fourth-order valence-corrected chi connectivity index (χ4v) is 9.02. The molecule has 0 spiro atoms. The Hall–Kier alpha value is -1.16. The SMILES string of the molecule is CCCCCCCCCCC/C=C\CCCCCCCC(=O)NC(COC1OC(CO)C(O)C(OS(=O)(=O)O)C1O)C(O)CCCCCCCCCCCCCCCCCCCC. The molecule has 0 saturated carbocycles. The van der Waals surface area contributed by atoms with E-state index in [1.807, 2.05) is 0 Å². The predicted molar refractivity (Wildman–Crippen MR) is 255 cm³/mol. The highest BCUT2D eigenvalue weighted by molar-refractivity contribution is 7.80. The van der Waals surface area contributed by atoms with Crippen LogP contribution in [0.3, 0.4) is 0 Å². The van der Waals surface area contributed by atoms with Crippen molar-refractivity contribution in [3.8, 4) is 0 Å². The molecule has 1 heterocycles. The summed E-state index contributed by atoms with van der Waals surface area (Å²) >= 11 is 0. The van der Waals surface area contributed by atoms with Gasteiger partial charge in [0.1, 0.15) is 24.4 Å². The monoisotopic (exact) mass is 920 g/mol. The summed E-state index contributed by atoms with van der Waals surface area (Å²) in [6.07, 6.45) is 37.8. The van der Waals surface area contributed by atoms with Crippen LogP contribution in [0.4, 0.5) is 0 Å². The zero-order valence-electron chi connectivity index (χ0n) is 40.2. The van der Waals surface area contributed by atoms with Gasteiger partial charge in [0.2, 0.25) is 5.91 Å². The van der Waals surface area contributed by atoms with Gasteiger partial charge in [-0.05, 0) is 38.5 Å². The lowest BCUT2D eigenvalue weighted by molar-refractivity contribution is -0.298. The molecule has 13 heteroatoms. The maximum atomic E-state index is 13.1. The third-order valence-corrected chi connectivity index (χ3v) is 13.0. The van der Waals surface area contributed by atoms with Crippen LogP contribution in [0.15, 0.2) is 12.2 Å². The summed E-state index contributed by atoms with van der Waals surface area (Å²) in [5, 5.41) is 45.0. The van der Waals surface area contributed by atoms with Gasteiger partial charge in [0.25, 0.3) is 0 Å². The molecule has 0 bridgehead atoms. The number of amides is 1. The number of carbonyl (C=O) groups is 1. The van der Waals surface area contributed by atoms with E-state index < -0.39 is 59.9 Å². The van der Waals surface area contributed by atoms with Gasteiger partial charge in [-0.1, -0.05) is 212 Å². The average molecular weight is 920 g/mol. The zero-order chi connectivity index (χ0) is 46.2. The normalized spacial score (nSPS) is 20.4. The summed E-state index contributed by atoms with van der Waals surface area (Å²) < 4.78 is 47.8. The van der Waals surface area contributed by atoms with Crippen LogP contribution in [-0.2, 0) is 28.9 Å². The van der Waals surface area contributed by atoms with Gasteiger partial charge in [0.15, 0.2) is 6.29 Å². The van der Waals surface area contributed by atoms with Crippen LogP contribution in [-0.4, -0.2) is 95.4 Å². The van der Waals surface area contributed by atoms with Gasteiger partial charge in [0.05, 0.1) is 25.4 Å². The number of aliphatic hydroxyl groups excluding tert-OH is 4. The maximum absolute atomic E-state index is 13.1. The molecule has 6 N–H and O–H groups in total. The second-order valence-electron chi connectivity index (χ2n) is 18.5. The molecule has 1 amide bonds. The number of ether oxygens (including phenoxy) is 2. The highest BCUT2D eigenvalue weighted by Gasteiger charge is 2.48. The third kappa shape index (κ3) is 33.9. The minimum Gasteiger partial charge on any atom is -0.394 e. The number of hydrogen-bond acceptors (Lipinski definition) is 10. The summed E-state index contributed by atoms with van der Waals surface area (Å²) in [4.78, 5) is 13.1. The van der Waals surface area contributed by atoms with Gasteiger partial charge in [0, 0.05) is 6.42 Å². The van der Waals surface area contributed by atoms with Crippen molar-refractivity contribution in [2.24, 2.45) is 0 Å². The van der Waals surface area contributed by atoms with E-state index in [4.69, 9.17) is 9.47 Å². The first-order valence-electron chi connectivity index (χ1n) is 26.1. The molecule has 0 aromatic heterocycles. The van der Waals surface area contributed by atoms with Crippen LogP contribution in [0.1, 0.15) is 245 Å². The van der Waals surface area contributed by atoms with Crippen molar-refractivity contribution < 1.29 is 51.8 Å². The fourth-order valence-electron chi connectivity index (χ4n) is 8.51. The van der Waals surface area contributed by atoms with Crippen molar-refractivity contribution in [2.75, 3.05) is 13.2 Å². The van der Waals surface area contributed by atoms with E-state index in [-0.39, 0.29) is 18.9 Å². The summed E-state index contributed by atoms with van der Waals surface area (Å²) in [7, 11) is -5.08. The van der Waals surface area contributed by atoms with Gasteiger partial charge in [-0.25, -0.2) is 4.18 Å². The Bertz CT molecular complexity index is 1180. The smallest absolute Gasteiger partial charge is 0.394 e. The summed E-state index contributed by atoms with van der Waals surface area (Å²) in [5.41, 5.74) is 0. The van der Waals surface area contributed by atoms with Crippen molar-refractivity contribution in [1.29, 1.82) is 0 Å². The lowest BCUT2D eigenvalue weighted by Gasteiger charge is -2.41. The number of aliphatic hydroxyl groups is 4. The minimum atomic E-state index is -5.08. The summed E-state index contributed by atoms with van der Waals surface area (Å²) in [6, 6.07) is -0.859. The van der Waals surface area contributed by atoms with Crippen molar-refractivity contribution >= 4 is 16.3 Å². The van der Waals surface area contributed by atoms with E-state index in [2.05, 4.69) is 35.5 Å². The molecule has 12 nitrogen and oxygen atoms in total. The van der Waals surface area contributed by atoms with Crippen LogP contribution < -0.4 is 5.32 Å². The number of nitrogens with one attached hydrogen (secondary N) is 1. The van der Waals surface area contributed by atoms with Gasteiger partial charge < -0.3 is 35.2 Å². The molecule has 0 radical (unpaired) electrons. The fraction of sp³-hybridized carbons (Fsp3) is 0.940. The third-order valence-electron chi connectivity index (χ3n) is 12.6. The Labute approximate surface area is 385 Å². The van der Waals surface area contributed by atoms with E-state index in [0.29, 0.717) is 12.8 Å². The number of hydrogen-bond donors (Lipinski definition) is 6. The Balaban J connectivity index is 2.43. The van der Waals surface area contributed by atoms with Crippen molar-refractivity contribution in [2.45, 2.75) is 288 Å². The Kier molecular flexibility index (Phi) is 39.0. The highest BCUT2D eigenvalue weighted by Crippen LogP contribution is 2.26. The van der Waals surface area contributed by atoms with Crippen molar-refractivity contribution in [3.63, 3.8) is 0 Å². The molecule has 7 atom stereocenters. The standard InChI is InChI=1S/C50H97NO11S/c1-3-5-7-9-11-13-15-17-19-21-23-25-27-29-31-33-35-37-39-44(53)43(42-60-50-48(56)49(62-63(57,58)59)47(55)45(41-52)61-50)51-46(54)40-38-36-34-32-30-28-26-24-22-20-18-16-14-12-10-8-6-4-2/h24,26,43-45,47-50,52-53,55-56H,3-23,25,27-42H2,1-2H3,(H,51,54)(H,57,58,59)/b26-24-. The lowest BCUT2D eigenvalue weighted by Crippen LogP contribution is -2.61. The first kappa shape index (κ1) is 59.9. The molecule has 1 saturated heterocycles. The Morgan fingerprint density at radius 1 is 0.619 bits per heavy atom. The Morgan fingerprint density at radius 3 is 1.43 bits per heavy atom. The van der Waals surface area contributed by atoms with E-state index in [1.165, 1.54) is 148 Å². The average Bonchev–Trinajstić information content (AvgIpc) is 3.25. The summed E-state index contributed by atoms with van der Waals surface area (Å²) in [5.74, 6) is -0.235. The molecular formula is C50H97NO11S. The van der Waals surface area contributed by atoms with Crippen LogP contribution in [0.2, 0.25) is 0 Å². The molecular weight excluding hydrogens is 823 g/mol. The van der Waals surface area contributed by atoms with E-state index >= 15 is 0 Å². The minimum absolute atomic E-state index is 0.235. The second kappa shape index (κ2) is 41.1. The van der Waals surface area contributed by atoms with Gasteiger partial charge in [-0.3, -0.25) is 9.35 Å². The molecule has 374 valence electrons. The van der Waals surface area contributed by atoms with E-state index in [1.54, 1.807) is 0 Å². The van der Waals surface area contributed by atoms with Gasteiger partial charge in [-0.2, -0.15) is 8.42 Å². The van der Waals surface area contributed by atoms with E-state index in [9.17, 15) is 38.2 Å². The number of rotatable bonds is 45. The number of unbranched alkanes of at least 4 members (excludes halogenated alkanes) is 31. The first-order chi connectivity index (χ1) is 30.5. The lowest BCUT2D eigenvalue weighted by atomic mass is 9.99. The number of carbonyl (C=O) groups excluding carboxylic acids is 1. The quantitative estimate of drug-likeness (QED) is 0.0193. The molecule has 1 aliphatic rings. The van der Waals surface area contributed by atoms with Gasteiger partial charge in [-0.15, -0.1) is 0 Å². The largest absolute Gasteiger partial charge is 0.397 e. The maximum Gasteiger partial charge on any atom is 0.397 e. The predicted octanol–water partition coefficient (Wildman–Crippen LogP) is 11.1. The molecule has 0 aromatic carbocycles. The molecule has 1 aliphatic heterocycles. The molecule has 1 fully saturated rings. The van der Waals surface area contributed by atoms with Crippen LogP contribution in [0.5, 0.6) is 0 Å². The van der Waals surface area contributed by atoms with Crippen LogP contribution >= 0.6 is 0 Å². The molecule has 0 aromatic rings. The first-order valence-corrected chi connectivity index (χ1v) is 27.4. The molecule has 63 heavy (non-hydrogen) atoms. The number of allylic oxidation sites excluding steroid dienone is 2. The van der Waals surface area contributed by atoms with Gasteiger partial charge >= 0.3 is 10.4 Å². The van der Waals surface area contributed by atoms with Crippen LogP contribution in [0.25, 0.3) is 0 Å². The van der Waals surface area contributed by atoms with Crippen molar-refractivity contribution in [1.82, 2.24) is 5.32 Å². The van der Waals surface area contributed by atoms with E-state index in [0.717, 1.165) is 64.2 Å². The highest BCUT2D eigenvalue weighted by atomic mass is 32.3. The topological polar surface area (TPSA) is 192 Å². The van der Waals surface area contributed by atoms with Crippen molar-refractivity contribution in [3.05, 3.63) is 12.2 Å². The molecule has 7 unspecified atom stereocenters.